The molecule has 210 valence electrons. The molecule has 2 unspecified atom stereocenters. The number of nitrogens with zero attached hydrogens (tertiary/aromatic N) is 5. The molecule has 1 saturated carbocycles. The Labute approximate surface area is 247 Å². The summed E-state index contributed by atoms with van der Waals surface area (Å²) in [5.74, 6) is 2.36. The van der Waals surface area contributed by atoms with Crippen molar-refractivity contribution in [2.75, 3.05) is 13.1 Å². The number of rotatable bonds is 8. The van der Waals surface area contributed by atoms with Gasteiger partial charge in [-0.2, -0.15) is 0 Å². The Bertz CT molecular complexity index is 1610. The molecule has 0 radical (unpaired) electrons. The van der Waals surface area contributed by atoms with Crippen molar-refractivity contribution >= 4 is 34.5 Å². The topological polar surface area (TPSA) is 88.5 Å². The summed E-state index contributed by atoms with van der Waals surface area (Å²) in [4.78, 5) is 34.0. The number of carbonyl (C=O) groups is 2. The van der Waals surface area contributed by atoms with Crippen LogP contribution in [0.4, 0.5) is 0 Å². The number of amides is 2. The molecular formula is C31H31N5O3S2. The summed E-state index contributed by atoms with van der Waals surface area (Å²) < 4.78 is 6.46. The van der Waals surface area contributed by atoms with Crippen LogP contribution in [0, 0.1) is 12.8 Å². The summed E-state index contributed by atoms with van der Waals surface area (Å²) in [6.45, 7) is 6.09. The third kappa shape index (κ3) is 5.50. The van der Waals surface area contributed by atoms with Gasteiger partial charge in [0.15, 0.2) is 0 Å². The molecule has 7 rings (SSSR count). The van der Waals surface area contributed by atoms with E-state index in [4.69, 9.17) is 9.72 Å². The molecule has 3 aliphatic rings. The van der Waals surface area contributed by atoms with Gasteiger partial charge in [0.25, 0.3) is 0 Å². The van der Waals surface area contributed by atoms with E-state index in [2.05, 4.69) is 28.6 Å². The van der Waals surface area contributed by atoms with Gasteiger partial charge in [-0.25, -0.2) is 4.98 Å². The smallest absolute Gasteiger partial charge is 0.223 e. The average Bonchev–Trinajstić information content (AvgIpc) is 3.26. The van der Waals surface area contributed by atoms with Gasteiger partial charge in [-0.3, -0.25) is 9.59 Å². The van der Waals surface area contributed by atoms with Crippen molar-refractivity contribution in [2.24, 2.45) is 5.92 Å². The van der Waals surface area contributed by atoms with Crippen LogP contribution >= 0.6 is 22.7 Å². The SMILES string of the molecule is Cc1nnc(-c2ccc(Oc3cc(-c4nc(C5CC(=O)N(C6CC6)C5)cs4)ccc3CN3CC(C)CC3=O)cc2)s1. The van der Waals surface area contributed by atoms with Crippen molar-refractivity contribution in [3.63, 3.8) is 0 Å². The molecule has 2 aliphatic heterocycles. The molecule has 10 heteroatoms. The van der Waals surface area contributed by atoms with Gasteiger partial charge in [0.1, 0.15) is 26.5 Å². The summed E-state index contributed by atoms with van der Waals surface area (Å²) in [5, 5.41) is 13.2. The van der Waals surface area contributed by atoms with Crippen LogP contribution in [0.1, 0.15) is 54.8 Å². The Kier molecular flexibility index (Phi) is 6.83. The number of benzene rings is 2. The van der Waals surface area contributed by atoms with Gasteiger partial charge in [-0.05, 0) is 56.0 Å². The molecule has 2 amide bonds. The van der Waals surface area contributed by atoms with Crippen LogP contribution in [0.15, 0.2) is 47.8 Å². The largest absolute Gasteiger partial charge is 0.457 e. The first-order chi connectivity index (χ1) is 19.9. The first-order valence-corrected chi connectivity index (χ1v) is 15.8. The molecular weight excluding hydrogens is 555 g/mol. The van der Waals surface area contributed by atoms with Gasteiger partial charge in [-0.15, -0.1) is 21.5 Å². The zero-order valence-corrected chi connectivity index (χ0v) is 24.7. The van der Waals surface area contributed by atoms with E-state index < -0.39 is 0 Å². The first kappa shape index (κ1) is 26.3. The van der Waals surface area contributed by atoms with E-state index >= 15 is 0 Å². The number of carbonyl (C=O) groups excluding carboxylic acids is 2. The van der Waals surface area contributed by atoms with Gasteiger partial charge >= 0.3 is 0 Å². The lowest BCUT2D eigenvalue weighted by molar-refractivity contribution is -0.129. The number of hydrogen-bond donors (Lipinski definition) is 0. The van der Waals surface area contributed by atoms with Crippen LogP contribution in [-0.2, 0) is 16.1 Å². The molecule has 8 nitrogen and oxygen atoms in total. The Morgan fingerprint density at radius 2 is 1.76 bits per heavy atom. The maximum Gasteiger partial charge on any atom is 0.223 e. The summed E-state index contributed by atoms with van der Waals surface area (Å²) in [5.41, 5.74) is 3.91. The molecule has 2 aromatic carbocycles. The van der Waals surface area contributed by atoms with Crippen LogP contribution in [-0.4, -0.2) is 55.9 Å². The van der Waals surface area contributed by atoms with E-state index in [-0.39, 0.29) is 17.7 Å². The molecule has 4 aromatic rings. The van der Waals surface area contributed by atoms with E-state index in [9.17, 15) is 9.59 Å². The third-order valence-electron chi connectivity index (χ3n) is 8.02. The second kappa shape index (κ2) is 10.6. The van der Waals surface area contributed by atoms with Crippen molar-refractivity contribution in [1.82, 2.24) is 25.0 Å². The predicted octanol–water partition coefficient (Wildman–Crippen LogP) is 6.28. The number of aromatic nitrogens is 3. The Morgan fingerprint density at radius 1 is 0.951 bits per heavy atom. The average molecular weight is 586 g/mol. The molecule has 2 aromatic heterocycles. The van der Waals surface area contributed by atoms with Crippen LogP contribution < -0.4 is 4.74 Å². The molecule has 3 fully saturated rings. The van der Waals surface area contributed by atoms with Crippen LogP contribution in [0.5, 0.6) is 11.5 Å². The summed E-state index contributed by atoms with van der Waals surface area (Å²) >= 11 is 3.16. The highest BCUT2D eigenvalue weighted by atomic mass is 32.1. The number of thiazole rings is 1. The lowest BCUT2D eigenvalue weighted by Crippen LogP contribution is -2.27. The maximum absolute atomic E-state index is 12.6. The van der Waals surface area contributed by atoms with Crippen molar-refractivity contribution in [3.05, 3.63) is 64.1 Å². The fourth-order valence-electron chi connectivity index (χ4n) is 5.72. The van der Waals surface area contributed by atoms with Gasteiger partial charge in [0, 0.05) is 66.5 Å². The zero-order chi connectivity index (χ0) is 28.1. The van der Waals surface area contributed by atoms with Crippen molar-refractivity contribution < 1.29 is 14.3 Å². The summed E-state index contributed by atoms with van der Waals surface area (Å²) in [6, 6.07) is 14.4. The fraction of sp³-hybridized carbons (Fsp3) is 0.387. The predicted molar refractivity (Wildman–Crippen MR) is 159 cm³/mol. The minimum atomic E-state index is 0.154. The normalized spacial score (nSPS) is 20.8. The second-order valence-corrected chi connectivity index (χ2v) is 13.5. The van der Waals surface area contributed by atoms with Crippen LogP contribution in [0.25, 0.3) is 21.1 Å². The molecule has 41 heavy (non-hydrogen) atoms. The van der Waals surface area contributed by atoms with E-state index in [1.165, 1.54) is 0 Å². The van der Waals surface area contributed by atoms with Crippen LogP contribution in [0.2, 0.25) is 0 Å². The van der Waals surface area contributed by atoms with Gasteiger partial charge in [-0.1, -0.05) is 30.4 Å². The van der Waals surface area contributed by atoms with Gasteiger partial charge in [0.05, 0.1) is 5.69 Å². The first-order valence-electron chi connectivity index (χ1n) is 14.1. The quantitative estimate of drug-likeness (QED) is 0.242. The Balaban J connectivity index is 1.15. The second-order valence-electron chi connectivity index (χ2n) is 11.4. The molecule has 0 spiro atoms. The molecule has 2 atom stereocenters. The van der Waals surface area contributed by atoms with E-state index in [1.54, 1.807) is 22.7 Å². The standard InChI is InChI=1S/C31H31N5O3S2/c1-18-11-28(37)35(14-18)15-22-4-3-21(30-32-26(17-40-30)23-13-29(38)36(16-23)24-7-8-24)12-27(22)39-25-9-5-20(6-10-25)31-34-33-19(2)41-31/h3-6,9-10,12,17-18,23-24H,7-8,11,13-16H2,1-2H3. The monoisotopic (exact) mass is 585 g/mol. The minimum Gasteiger partial charge on any atom is -0.457 e. The highest BCUT2D eigenvalue weighted by Gasteiger charge is 2.40. The number of likely N-dealkylation sites (tertiary alicyclic amines) is 2. The number of ether oxygens (including phenoxy) is 1. The van der Waals surface area contributed by atoms with E-state index in [0.717, 1.165) is 63.3 Å². The lowest BCUT2D eigenvalue weighted by Gasteiger charge is -2.19. The zero-order valence-electron chi connectivity index (χ0n) is 23.1. The highest BCUT2D eigenvalue weighted by Crippen LogP contribution is 2.39. The molecule has 1 aliphatic carbocycles. The van der Waals surface area contributed by atoms with Crippen LogP contribution in [0.3, 0.4) is 0 Å². The van der Waals surface area contributed by atoms with Crippen molar-refractivity contribution in [2.45, 2.75) is 58.0 Å². The molecule has 0 N–H and O–H groups in total. The van der Waals surface area contributed by atoms with Crippen molar-refractivity contribution in [1.29, 1.82) is 0 Å². The minimum absolute atomic E-state index is 0.154. The van der Waals surface area contributed by atoms with Gasteiger partial charge < -0.3 is 14.5 Å². The molecule has 0 bridgehead atoms. The molecule has 4 heterocycles. The molecule has 2 saturated heterocycles. The van der Waals surface area contributed by atoms with E-state index in [1.807, 2.05) is 53.1 Å². The number of aryl methyl sites for hydroxylation is 1. The Morgan fingerprint density at radius 3 is 2.46 bits per heavy atom. The lowest BCUT2D eigenvalue weighted by atomic mass is 10.1. The summed E-state index contributed by atoms with van der Waals surface area (Å²) in [6.07, 6.45) is 3.39. The highest BCUT2D eigenvalue weighted by molar-refractivity contribution is 7.14. The third-order valence-corrected chi connectivity index (χ3v) is 9.82. The van der Waals surface area contributed by atoms with E-state index in [0.29, 0.717) is 42.8 Å². The van der Waals surface area contributed by atoms with Crippen molar-refractivity contribution in [3.8, 4) is 32.6 Å². The fourth-order valence-corrected chi connectivity index (χ4v) is 7.32. The Hall–Kier alpha value is -3.63. The van der Waals surface area contributed by atoms with Gasteiger partial charge in [0.2, 0.25) is 11.8 Å². The summed E-state index contributed by atoms with van der Waals surface area (Å²) in [7, 11) is 0. The maximum atomic E-state index is 12.6. The number of hydrogen-bond acceptors (Lipinski definition) is 8.